The summed E-state index contributed by atoms with van der Waals surface area (Å²) in [6, 6.07) is 30.1. The highest BCUT2D eigenvalue weighted by Gasteiger charge is 2.32. The molecule has 0 saturated heterocycles. The maximum absolute atomic E-state index is 14.4. The normalized spacial score (nSPS) is 15.4. The molecule has 1 atom stereocenters. The molecular weight excluding hydrogens is 629 g/mol. The second-order valence-corrected chi connectivity index (χ2v) is 12.6. The molecule has 8 nitrogen and oxygen atoms in total. The number of ether oxygens (including phenoxy) is 1. The minimum absolute atomic E-state index is 0.141. The molecule has 2 heterocycles. The number of thiazole rings is 1. The van der Waals surface area contributed by atoms with E-state index >= 15 is 0 Å². The number of hydrogen-bond donors (Lipinski definition) is 0. The van der Waals surface area contributed by atoms with E-state index < -0.39 is 16.9 Å². The number of nitro groups is 1. The smallest absolute Gasteiger partial charge is 0.343 e. The molecule has 1 aliphatic carbocycles. The van der Waals surface area contributed by atoms with Crippen molar-refractivity contribution in [3.63, 3.8) is 0 Å². The summed E-state index contributed by atoms with van der Waals surface area (Å²) < 4.78 is 22.0. The molecule has 0 N–H and O–H groups in total. The molecule has 0 bridgehead atoms. The fraction of sp³-hybridized carbons (Fsp3) is 0.0789. The summed E-state index contributed by atoms with van der Waals surface area (Å²) >= 11 is 1.24. The van der Waals surface area contributed by atoms with E-state index in [0.29, 0.717) is 21.3 Å². The standard InChI is InChI=1S/C38H24FN3O5S/c39-26-15-9-24(10-16-26)35-30-19-13-23-6-2-4-8-29(23)34(30)40-38-41(35)36(43)33(48-38)21-31-28-7-3-1-5-22(28)14-20-32(31)47-37(44)25-11-17-27(18-12-25)42(45)46/h1-12,14-18,20-21,35H,13,19H2/b33-21+/t35-/m0/s1. The van der Waals surface area contributed by atoms with E-state index in [1.54, 1.807) is 28.8 Å². The van der Waals surface area contributed by atoms with Gasteiger partial charge in [-0.25, -0.2) is 14.2 Å². The number of carbonyl (C=O) groups excluding carboxylic acids is 1. The molecule has 8 rings (SSSR count). The quantitative estimate of drug-likeness (QED) is 0.0888. The number of nitrogens with zero attached hydrogens (tertiary/aromatic N) is 3. The van der Waals surface area contributed by atoms with Crippen LogP contribution in [0, 0.1) is 15.9 Å². The van der Waals surface area contributed by atoms with E-state index in [-0.39, 0.29) is 28.4 Å². The third-order valence-electron chi connectivity index (χ3n) is 8.78. The molecular formula is C38H24FN3O5S. The van der Waals surface area contributed by atoms with Crippen molar-refractivity contribution in [3.05, 3.63) is 178 Å². The average Bonchev–Trinajstić information content (AvgIpc) is 3.42. The summed E-state index contributed by atoms with van der Waals surface area (Å²) in [6.45, 7) is 0. The maximum atomic E-state index is 14.4. The van der Waals surface area contributed by atoms with Gasteiger partial charge >= 0.3 is 5.97 Å². The van der Waals surface area contributed by atoms with E-state index in [1.807, 2.05) is 48.5 Å². The predicted molar refractivity (Wildman–Crippen MR) is 181 cm³/mol. The van der Waals surface area contributed by atoms with E-state index in [2.05, 4.69) is 6.07 Å². The average molecular weight is 654 g/mol. The van der Waals surface area contributed by atoms with Gasteiger partial charge in [0.25, 0.3) is 11.2 Å². The minimum atomic E-state index is -0.695. The number of fused-ring (bicyclic) bond motifs is 4. The van der Waals surface area contributed by atoms with Gasteiger partial charge in [-0.15, -0.1) is 0 Å². The Morgan fingerprint density at radius 1 is 0.938 bits per heavy atom. The Morgan fingerprint density at radius 3 is 2.48 bits per heavy atom. The van der Waals surface area contributed by atoms with Gasteiger partial charge in [-0.05, 0) is 76.7 Å². The van der Waals surface area contributed by atoms with E-state index in [0.717, 1.165) is 39.6 Å². The largest absolute Gasteiger partial charge is 0.422 e. The van der Waals surface area contributed by atoms with Crippen molar-refractivity contribution in [2.45, 2.75) is 18.9 Å². The highest BCUT2D eigenvalue weighted by atomic mass is 32.1. The molecule has 0 fully saturated rings. The first kappa shape index (κ1) is 29.4. The second kappa shape index (κ2) is 11.7. The van der Waals surface area contributed by atoms with Gasteiger partial charge in [0.1, 0.15) is 11.6 Å². The fourth-order valence-electron chi connectivity index (χ4n) is 6.49. The number of benzene rings is 5. The Labute approximate surface area is 276 Å². The molecule has 0 saturated carbocycles. The van der Waals surface area contributed by atoms with Gasteiger partial charge in [0, 0.05) is 23.3 Å². The zero-order valence-corrected chi connectivity index (χ0v) is 25.9. The lowest BCUT2D eigenvalue weighted by Gasteiger charge is -2.30. The van der Waals surface area contributed by atoms with Crippen LogP contribution in [0.25, 0.3) is 22.5 Å². The van der Waals surface area contributed by atoms with Crippen molar-refractivity contribution in [3.8, 4) is 5.75 Å². The third kappa shape index (κ3) is 5.03. The first-order valence-corrected chi connectivity index (χ1v) is 16.0. The number of rotatable bonds is 5. The molecule has 1 aromatic heterocycles. The van der Waals surface area contributed by atoms with Gasteiger partial charge in [0.15, 0.2) is 4.80 Å². The lowest BCUT2D eigenvalue weighted by atomic mass is 9.83. The van der Waals surface area contributed by atoms with Gasteiger partial charge in [-0.2, -0.15) is 0 Å². The SMILES string of the molecule is O=C(Oc1ccc2ccccc2c1/C=c1/sc2n(c1=O)[C@@H](c1ccc(F)cc1)C1=C(N=2)c2ccccc2CC1)c1ccc([N+](=O)[O-])cc1. The Morgan fingerprint density at radius 2 is 1.69 bits per heavy atom. The molecule has 6 aromatic rings. The van der Waals surface area contributed by atoms with Crippen LogP contribution in [0.4, 0.5) is 10.1 Å². The number of esters is 1. The van der Waals surface area contributed by atoms with Crippen LogP contribution in [0.2, 0.25) is 0 Å². The molecule has 48 heavy (non-hydrogen) atoms. The molecule has 234 valence electrons. The van der Waals surface area contributed by atoms with Crippen molar-refractivity contribution in [1.82, 2.24) is 4.57 Å². The van der Waals surface area contributed by atoms with Gasteiger partial charge in [-0.1, -0.05) is 78.1 Å². The highest BCUT2D eigenvalue weighted by molar-refractivity contribution is 7.07. The summed E-state index contributed by atoms with van der Waals surface area (Å²) in [6.07, 6.45) is 3.23. The number of hydrogen-bond acceptors (Lipinski definition) is 7. The summed E-state index contributed by atoms with van der Waals surface area (Å²) in [4.78, 5) is 43.7. The van der Waals surface area contributed by atoms with Crippen molar-refractivity contribution >= 4 is 45.5 Å². The van der Waals surface area contributed by atoms with Crippen molar-refractivity contribution in [2.24, 2.45) is 4.99 Å². The minimum Gasteiger partial charge on any atom is -0.422 e. The summed E-state index contributed by atoms with van der Waals surface area (Å²) in [5, 5.41) is 12.7. The molecule has 10 heteroatoms. The fourth-order valence-corrected chi connectivity index (χ4v) is 7.47. The van der Waals surface area contributed by atoms with Gasteiger partial charge < -0.3 is 4.74 Å². The second-order valence-electron chi connectivity index (χ2n) is 11.6. The molecule has 0 spiro atoms. The summed E-state index contributed by atoms with van der Waals surface area (Å²) in [5.74, 6) is -0.828. The molecule has 0 amide bonds. The Hall–Kier alpha value is -6.00. The number of aromatic nitrogens is 1. The van der Waals surface area contributed by atoms with Crippen LogP contribution in [-0.4, -0.2) is 15.5 Å². The third-order valence-corrected chi connectivity index (χ3v) is 9.76. The molecule has 2 aliphatic rings. The van der Waals surface area contributed by atoms with Crippen LogP contribution in [0.15, 0.2) is 125 Å². The van der Waals surface area contributed by atoms with Crippen molar-refractivity contribution in [2.75, 3.05) is 0 Å². The number of non-ortho nitro benzene ring substituents is 1. The first-order valence-electron chi connectivity index (χ1n) is 15.2. The zero-order valence-electron chi connectivity index (χ0n) is 25.1. The lowest BCUT2D eigenvalue weighted by molar-refractivity contribution is -0.384. The Balaban J connectivity index is 1.30. The van der Waals surface area contributed by atoms with Crippen molar-refractivity contribution < 1.29 is 18.8 Å². The summed E-state index contributed by atoms with van der Waals surface area (Å²) in [7, 11) is 0. The number of nitro benzene ring substituents is 1. The Kier molecular flexibility index (Phi) is 7.14. The number of halogens is 1. The van der Waals surface area contributed by atoms with Crippen LogP contribution < -0.4 is 19.6 Å². The van der Waals surface area contributed by atoms with Crippen LogP contribution in [0.5, 0.6) is 5.75 Å². The van der Waals surface area contributed by atoms with E-state index in [1.165, 1.54) is 53.3 Å². The van der Waals surface area contributed by atoms with E-state index in [4.69, 9.17) is 9.73 Å². The zero-order chi connectivity index (χ0) is 32.9. The van der Waals surface area contributed by atoms with Gasteiger partial charge in [0.05, 0.1) is 26.8 Å². The van der Waals surface area contributed by atoms with Gasteiger partial charge in [0.2, 0.25) is 0 Å². The van der Waals surface area contributed by atoms with Crippen LogP contribution in [-0.2, 0) is 6.42 Å². The Bertz CT molecular complexity index is 2520. The molecule has 1 aliphatic heterocycles. The predicted octanol–water partition coefficient (Wildman–Crippen LogP) is 6.74. The monoisotopic (exact) mass is 653 g/mol. The van der Waals surface area contributed by atoms with Crippen molar-refractivity contribution in [1.29, 1.82) is 0 Å². The number of carbonyl (C=O) groups is 1. The topological polar surface area (TPSA) is 104 Å². The van der Waals surface area contributed by atoms with Crippen LogP contribution >= 0.6 is 11.3 Å². The lowest BCUT2D eigenvalue weighted by Crippen LogP contribution is -2.38. The highest BCUT2D eigenvalue weighted by Crippen LogP contribution is 2.41. The number of allylic oxidation sites excluding steroid dienone is 1. The number of aryl methyl sites for hydroxylation is 1. The summed E-state index contributed by atoms with van der Waals surface area (Å²) in [5.41, 5.74) is 5.10. The molecule has 0 unspecified atom stereocenters. The van der Waals surface area contributed by atoms with Crippen LogP contribution in [0.3, 0.4) is 0 Å². The molecule has 0 radical (unpaired) electrons. The molecule has 5 aromatic carbocycles. The van der Waals surface area contributed by atoms with E-state index in [9.17, 15) is 24.1 Å². The van der Waals surface area contributed by atoms with Crippen LogP contribution in [0.1, 0.15) is 45.1 Å². The van der Waals surface area contributed by atoms with Gasteiger partial charge in [-0.3, -0.25) is 19.5 Å². The maximum Gasteiger partial charge on any atom is 0.343 e. The first-order chi connectivity index (χ1) is 23.4.